The number of nitrogens with one attached hydrogen (secondary N) is 1. The molecule has 108 valence electrons. The van der Waals surface area contributed by atoms with Crippen LogP contribution in [0.4, 0.5) is 0 Å². The van der Waals surface area contributed by atoms with E-state index in [-0.39, 0.29) is 0 Å². The van der Waals surface area contributed by atoms with E-state index in [0.29, 0.717) is 5.92 Å². The lowest BCUT2D eigenvalue weighted by atomic mass is 10.2. The first-order valence-electron chi connectivity index (χ1n) is 7.30. The van der Waals surface area contributed by atoms with Crippen LogP contribution in [-0.2, 0) is 13.0 Å². The quantitative estimate of drug-likeness (QED) is 0.879. The highest BCUT2D eigenvalue weighted by molar-refractivity contribution is 5.36. The van der Waals surface area contributed by atoms with Gasteiger partial charge in [0.25, 0.3) is 0 Å². The van der Waals surface area contributed by atoms with Gasteiger partial charge >= 0.3 is 0 Å². The van der Waals surface area contributed by atoms with Gasteiger partial charge in [-0.1, -0.05) is 20.8 Å². The first-order chi connectivity index (χ1) is 9.61. The highest BCUT2D eigenvalue weighted by Gasteiger charge is 2.08. The monoisotopic (exact) mass is 272 g/mol. The lowest BCUT2D eigenvalue weighted by Gasteiger charge is -2.11. The zero-order chi connectivity index (χ0) is 14.5. The van der Waals surface area contributed by atoms with E-state index in [0.717, 1.165) is 31.2 Å². The maximum absolute atomic E-state index is 4.61. The molecule has 0 unspecified atom stereocenters. The number of rotatable bonds is 6. The number of hydrogen-bond acceptors (Lipinski definition) is 3. The van der Waals surface area contributed by atoms with Crippen molar-refractivity contribution in [2.45, 2.75) is 40.7 Å². The molecular formula is C16H24N4. The van der Waals surface area contributed by atoms with Crippen LogP contribution in [0.2, 0.25) is 0 Å². The topological polar surface area (TPSA) is 42.7 Å². The summed E-state index contributed by atoms with van der Waals surface area (Å²) in [5.41, 5.74) is 2.41. The Bertz CT molecular complexity index is 557. The number of nitrogens with zero attached hydrogens (tertiary/aromatic N) is 3. The lowest BCUT2D eigenvalue weighted by molar-refractivity contribution is 0.551. The molecular weight excluding hydrogens is 248 g/mol. The minimum atomic E-state index is 0.668. The summed E-state index contributed by atoms with van der Waals surface area (Å²) in [7, 11) is 0. The summed E-state index contributed by atoms with van der Waals surface area (Å²) in [6.07, 6.45) is 6.67. The van der Waals surface area contributed by atoms with Crippen molar-refractivity contribution in [2.24, 2.45) is 5.92 Å². The minimum Gasteiger partial charge on any atom is -0.312 e. The van der Waals surface area contributed by atoms with Gasteiger partial charge in [0.15, 0.2) is 0 Å². The fraction of sp³-hybridized carbons (Fsp3) is 0.500. The molecule has 0 aromatic carbocycles. The summed E-state index contributed by atoms with van der Waals surface area (Å²) < 4.78 is 2.07. The Hall–Kier alpha value is -1.68. The average Bonchev–Trinajstić information content (AvgIpc) is 2.86. The Kier molecular flexibility index (Phi) is 4.90. The molecule has 0 radical (unpaired) electrons. The van der Waals surface area contributed by atoms with Crippen LogP contribution in [0.25, 0.3) is 5.82 Å². The number of hydrogen-bond donors (Lipinski definition) is 1. The Morgan fingerprint density at radius 3 is 2.75 bits per heavy atom. The molecule has 0 saturated heterocycles. The molecule has 4 heteroatoms. The Balaban J connectivity index is 2.14. The fourth-order valence-corrected chi connectivity index (χ4v) is 2.27. The van der Waals surface area contributed by atoms with Crippen LogP contribution >= 0.6 is 0 Å². The SMILES string of the molecule is CCc1nccn1-c1ncc(CNCC(C)C)cc1C. The fourth-order valence-electron chi connectivity index (χ4n) is 2.27. The van der Waals surface area contributed by atoms with Crippen LogP contribution in [0.3, 0.4) is 0 Å². The van der Waals surface area contributed by atoms with Crippen LogP contribution in [0.1, 0.15) is 37.7 Å². The highest BCUT2D eigenvalue weighted by Crippen LogP contribution is 2.15. The summed E-state index contributed by atoms with van der Waals surface area (Å²) in [6.45, 7) is 10.5. The number of pyridine rings is 1. The molecule has 0 spiro atoms. The number of aryl methyl sites for hydroxylation is 2. The molecule has 2 rings (SSSR count). The lowest BCUT2D eigenvalue weighted by Crippen LogP contribution is -2.19. The molecule has 2 heterocycles. The normalized spacial score (nSPS) is 11.2. The van der Waals surface area contributed by atoms with Crippen molar-refractivity contribution in [3.8, 4) is 5.82 Å². The van der Waals surface area contributed by atoms with Gasteiger partial charge < -0.3 is 5.32 Å². The zero-order valence-electron chi connectivity index (χ0n) is 12.8. The summed E-state index contributed by atoms with van der Waals surface area (Å²) >= 11 is 0. The molecule has 0 saturated carbocycles. The van der Waals surface area contributed by atoms with E-state index in [1.165, 1.54) is 11.1 Å². The molecule has 0 fully saturated rings. The maximum Gasteiger partial charge on any atom is 0.140 e. The standard InChI is InChI=1S/C16H24N4/c1-5-15-18-6-7-20(15)16-13(4)8-14(11-19-16)10-17-9-12(2)3/h6-8,11-12,17H,5,9-10H2,1-4H3. The van der Waals surface area contributed by atoms with Crippen molar-refractivity contribution in [3.63, 3.8) is 0 Å². The third kappa shape index (κ3) is 3.45. The molecule has 2 aromatic rings. The van der Waals surface area contributed by atoms with Crippen molar-refractivity contribution < 1.29 is 0 Å². The molecule has 2 aromatic heterocycles. The van der Waals surface area contributed by atoms with E-state index >= 15 is 0 Å². The van der Waals surface area contributed by atoms with E-state index in [2.05, 4.69) is 53.6 Å². The van der Waals surface area contributed by atoms with Gasteiger partial charge in [0.1, 0.15) is 11.6 Å². The van der Waals surface area contributed by atoms with E-state index in [1.54, 1.807) is 0 Å². The van der Waals surface area contributed by atoms with Crippen molar-refractivity contribution in [2.75, 3.05) is 6.54 Å². The second-order valence-electron chi connectivity index (χ2n) is 5.58. The third-order valence-corrected chi connectivity index (χ3v) is 3.25. The average molecular weight is 272 g/mol. The smallest absolute Gasteiger partial charge is 0.140 e. The molecule has 0 amide bonds. The second kappa shape index (κ2) is 6.66. The van der Waals surface area contributed by atoms with Crippen molar-refractivity contribution in [1.82, 2.24) is 19.9 Å². The van der Waals surface area contributed by atoms with E-state index in [4.69, 9.17) is 0 Å². The van der Waals surface area contributed by atoms with Crippen LogP contribution in [-0.4, -0.2) is 21.1 Å². The predicted molar refractivity (Wildman–Crippen MR) is 82.0 cm³/mol. The first-order valence-corrected chi connectivity index (χ1v) is 7.30. The molecule has 1 N–H and O–H groups in total. The van der Waals surface area contributed by atoms with Crippen LogP contribution in [0.5, 0.6) is 0 Å². The molecule has 0 atom stereocenters. The minimum absolute atomic E-state index is 0.668. The molecule has 4 nitrogen and oxygen atoms in total. The summed E-state index contributed by atoms with van der Waals surface area (Å²) in [6, 6.07) is 2.20. The van der Waals surface area contributed by atoms with Crippen LogP contribution in [0.15, 0.2) is 24.7 Å². The Morgan fingerprint density at radius 1 is 1.30 bits per heavy atom. The van der Waals surface area contributed by atoms with E-state index in [9.17, 15) is 0 Å². The van der Waals surface area contributed by atoms with E-state index in [1.807, 2.05) is 18.6 Å². The molecule has 0 aliphatic carbocycles. The van der Waals surface area contributed by atoms with Crippen LogP contribution in [0, 0.1) is 12.8 Å². The van der Waals surface area contributed by atoms with Gasteiger partial charge in [0.05, 0.1) is 0 Å². The Morgan fingerprint density at radius 2 is 2.10 bits per heavy atom. The Labute approximate surface area is 121 Å². The summed E-state index contributed by atoms with van der Waals surface area (Å²) in [5, 5.41) is 3.45. The molecule has 0 aliphatic rings. The van der Waals surface area contributed by atoms with Crippen molar-refractivity contribution >= 4 is 0 Å². The highest BCUT2D eigenvalue weighted by atomic mass is 15.1. The van der Waals surface area contributed by atoms with Gasteiger partial charge in [0, 0.05) is 31.6 Å². The van der Waals surface area contributed by atoms with Crippen molar-refractivity contribution in [1.29, 1.82) is 0 Å². The number of aromatic nitrogens is 3. The zero-order valence-corrected chi connectivity index (χ0v) is 12.8. The molecule has 0 aliphatic heterocycles. The maximum atomic E-state index is 4.61. The van der Waals surface area contributed by atoms with Gasteiger partial charge in [-0.3, -0.25) is 4.57 Å². The molecule has 0 bridgehead atoms. The van der Waals surface area contributed by atoms with E-state index < -0.39 is 0 Å². The predicted octanol–water partition coefficient (Wildman–Crippen LogP) is 2.88. The van der Waals surface area contributed by atoms with Gasteiger partial charge in [-0.15, -0.1) is 0 Å². The summed E-state index contributed by atoms with van der Waals surface area (Å²) in [4.78, 5) is 8.96. The first kappa shape index (κ1) is 14.7. The number of imidazole rings is 1. The largest absolute Gasteiger partial charge is 0.312 e. The second-order valence-corrected chi connectivity index (χ2v) is 5.58. The van der Waals surface area contributed by atoms with Crippen molar-refractivity contribution in [3.05, 3.63) is 41.6 Å². The summed E-state index contributed by atoms with van der Waals surface area (Å²) in [5.74, 6) is 2.69. The van der Waals surface area contributed by atoms with Gasteiger partial charge in [-0.05, 0) is 36.6 Å². The molecule has 20 heavy (non-hydrogen) atoms. The van der Waals surface area contributed by atoms with Gasteiger partial charge in [0.2, 0.25) is 0 Å². The third-order valence-electron chi connectivity index (χ3n) is 3.25. The van der Waals surface area contributed by atoms with Crippen LogP contribution < -0.4 is 5.32 Å². The van der Waals surface area contributed by atoms with Gasteiger partial charge in [-0.2, -0.15) is 0 Å². The van der Waals surface area contributed by atoms with Gasteiger partial charge in [-0.25, -0.2) is 9.97 Å².